The van der Waals surface area contributed by atoms with Gasteiger partial charge in [-0.3, -0.25) is 4.99 Å². The van der Waals surface area contributed by atoms with Crippen LogP contribution in [0.3, 0.4) is 0 Å². The Morgan fingerprint density at radius 2 is 1.97 bits per heavy atom. The lowest BCUT2D eigenvalue weighted by atomic mass is 10.1. The van der Waals surface area contributed by atoms with Crippen molar-refractivity contribution in [3.8, 4) is 0 Å². The predicted octanol–water partition coefficient (Wildman–Crippen LogP) is 3.04. The van der Waals surface area contributed by atoms with Crippen molar-refractivity contribution in [1.29, 1.82) is 0 Å². The molecule has 1 aliphatic heterocycles. The molecule has 1 aliphatic rings. The first kappa shape index (κ1) is 23.6. The number of rotatable bonds is 11. The number of aliphatic imine (C=N–C) groups is 1. The van der Waals surface area contributed by atoms with Gasteiger partial charge in [-0.25, -0.2) is 0 Å². The molecule has 0 aliphatic carbocycles. The summed E-state index contributed by atoms with van der Waals surface area (Å²) in [5.41, 5.74) is 0. The molecule has 0 amide bonds. The SMILES string of the molecule is CCCN1CCC(NC(=NCCn2cnnc2CC)NCCSc2ccccc2)CC1. The minimum absolute atomic E-state index is 0.488. The van der Waals surface area contributed by atoms with Crippen LogP contribution in [0.15, 0.2) is 46.5 Å². The number of nitrogens with one attached hydrogen (secondary N) is 2. The summed E-state index contributed by atoms with van der Waals surface area (Å²) in [4.78, 5) is 8.73. The number of piperidine rings is 1. The maximum absolute atomic E-state index is 4.86. The lowest BCUT2D eigenvalue weighted by molar-refractivity contribution is 0.206. The van der Waals surface area contributed by atoms with Gasteiger partial charge in [0.25, 0.3) is 0 Å². The highest BCUT2D eigenvalue weighted by atomic mass is 32.2. The smallest absolute Gasteiger partial charge is 0.191 e. The summed E-state index contributed by atoms with van der Waals surface area (Å²) in [6.45, 7) is 10.3. The highest BCUT2D eigenvalue weighted by Gasteiger charge is 2.19. The van der Waals surface area contributed by atoms with Gasteiger partial charge in [-0.2, -0.15) is 0 Å². The topological polar surface area (TPSA) is 70.4 Å². The van der Waals surface area contributed by atoms with E-state index in [1.807, 2.05) is 11.8 Å². The van der Waals surface area contributed by atoms with E-state index < -0.39 is 0 Å². The van der Waals surface area contributed by atoms with Crippen molar-refractivity contribution in [1.82, 2.24) is 30.3 Å². The maximum atomic E-state index is 4.86. The highest BCUT2D eigenvalue weighted by molar-refractivity contribution is 7.99. The van der Waals surface area contributed by atoms with Crippen molar-refractivity contribution in [2.45, 2.75) is 57.0 Å². The average molecular weight is 444 g/mol. The number of aryl methyl sites for hydroxylation is 1. The van der Waals surface area contributed by atoms with E-state index in [9.17, 15) is 0 Å². The molecule has 1 saturated heterocycles. The van der Waals surface area contributed by atoms with Crippen molar-refractivity contribution in [3.63, 3.8) is 0 Å². The van der Waals surface area contributed by atoms with Crippen molar-refractivity contribution < 1.29 is 0 Å². The Kier molecular flexibility index (Phi) is 10.2. The van der Waals surface area contributed by atoms with Crippen LogP contribution in [0.4, 0.5) is 0 Å². The summed E-state index contributed by atoms with van der Waals surface area (Å²) in [6.07, 6.45) is 6.26. The third kappa shape index (κ3) is 8.18. The van der Waals surface area contributed by atoms with Crippen LogP contribution in [0.2, 0.25) is 0 Å². The maximum Gasteiger partial charge on any atom is 0.191 e. The molecule has 7 nitrogen and oxygen atoms in total. The minimum atomic E-state index is 0.488. The largest absolute Gasteiger partial charge is 0.356 e. The van der Waals surface area contributed by atoms with E-state index in [1.165, 1.54) is 43.8 Å². The van der Waals surface area contributed by atoms with Crippen molar-refractivity contribution in [2.24, 2.45) is 4.99 Å². The van der Waals surface area contributed by atoms with Crippen molar-refractivity contribution >= 4 is 17.7 Å². The van der Waals surface area contributed by atoms with E-state index >= 15 is 0 Å². The zero-order valence-electron chi connectivity index (χ0n) is 19.0. The summed E-state index contributed by atoms with van der Waals surface area (Å²) in [5.74, 6) is 2.94. The molecule has 2 heterocycles. The standard InChI is InChI=1S/C23H37N7S/c1-3-14-29-15-10-20(11-16-29)27-23(24-12-17-30-19-26-28-22(30)4-2)25-13-18-31-21-8-6-5-7-9-21/h5-9,19-20H,3-4,10-18H2,1-2H3,(H2,24,25,27). The quantitative estimate of drug-likeness (QED) is 0.241. The molecule has 31 heavy (non-hydrogen) atoms. The molecule has 0 saturated carbocycles. The van der Waals surface area contributed by atoms with E-state index in [-0.39, 0.29) is 0 Å². The average Bonchev–Trinajstić information content (AvgIpc) is 3.26. The fraction of sp³-hybridized carbons (Fsp3) is 0.609. The normalized spacial score (nSPS) is 15.9. The van der Waals surface area contributed by atoms with Crippen molar-refractivity contribution in [2.75, 3.05) is 38.5 Å². The Bertz CT molecular complexity index is 769. The van der Waals surface area contributed by atoms with Gasteiger partial charge >= 0.3 is 0 Å². The number of hydrogen-bond acceptors (Lipinski definition) is 5. The summed E-state index contributed by atoms with van der Waals surface area (Å²) >= 11 is 1.87. The number of hydrogen-bond donors (Lipinski definition) is 2. The van der Waals surface area contributed by atoms with Crippen LogP contribution in [-0.2, 0) is 13.0 Å². The van der Waals surface area contributed by atoms with Gasteiger partial charge in [-0.05, 0) is 37.9 Å². The van der Waals surface area contributed by atoms with E-state index in [4.69, 9.17) is 4.99 Å². The second-order valence-corrected chi connectivity index (χ2v) is 9.04. The van der Waals surface area contributed by atoms with Gasteiger partial charge in [0.2, 0.25) is 0 Å². The van der Waals surface area contributed by atoms with E-state index in [0.29, 0.717) is 12.6 Å². The Morgan fingerprint density at radius 3 is 2.71 bits per heavy atom. The molecule has 1 aromatic carbocycles. The van der Waals surface area contributed by atoms with E-state index in [2.05, 4.69) is 74.5 Å². The molecule has 3 rings (SSSR count). The van der Waals surface area contributed by atoms with Gasteiger partial charge in [0, 0.05) is 49.3 Å². The third-order valence-corrected chi connectivity index (χ3v) is 6.51. The number of likely N-dealkylation sites (tertiary alicyclic amines) is 1. The predicted molar refractivity (Wildman–Crippen MR) is 130 cm³/mol. The molecule has 0 radical (unpaired) electrons. The zero-order chi connectivity index (χ0) is 21.7. The Hall–Kier alpha value is -2.06. The molecule has 8 heteroatoms. The van der Waals surface area contributed by atoms with Crippen LogP contribution in [-0.4, -0.2) is 70.1 Å². The van der Waals surface area contributed by atoms with Crippen LogP contribution in [0.25, 0.3) is 0 Å². The Balaban J connectivity index is 1.50. The molecule has 1 aromatic heterocycles. The molecule has 0 bridgehead atoms. The summed E-state index contributed by atoms with van der Waals surface area (Å²) in [6, 6.07) is 11.0. The second kappa shape index (κ2) is 13.4. The number of benzene rings is 1. The third-order valence-electron chi connectivity index (χ3n) is 5.50. The molecule has 2 N–H and O–H groups in total. The fourth-order valence-corrected chi connectivity index (χ4v) is 4.62. The first-order valence-corrected chi connectivity index (χ1v) is 12.6. The molecule has 170 valence electrons. The van der Waals surface area contributed by atoms with Gasteiger partial charge < -0.3 is 20.1 Å². The Morgan fingerprint density at radius 1 is 1.16 bits per heavy atom. The molecule has 0 atom stereocenters. The minimum Gasteiger partial charge on any atom is -0.356 e. The number of nitrogens with zero attached hydrogens (tertiary/aromatic N) is 5. The number of aromatic nitrogens is 3. The lowest BCUT2D eigenvalue weighted by Crippen LogP contribution is -2.49. The second-order valence-electron chi connectivity index (χ2n) is 7.87. The van der Waals surface area contributed by atoms with E-state index in [0.717, 1.165) is 37.0 Å². The molecule has 0 spiro atoms. The van der Waals surface area contributed by atoms with Crippen LogP contribution < -0.4 is 10.6 Å². The summed E-state index contributed by atoms with van der Waals surface area (Å²) in [5, 5.41) is 15.4. The van der Waals surface area contributed by atoms with Gasteiger partial charge in [0.05, 0.1) is 6.54 Å². The molecule has 0 unspecified atom stereocenters. The monoisotopic (exact) mass is 443 g/mol. The summed E-state index contributed by atoms with van der Waals surface area (Å²) in [7, 11) is 0. The zero-order valence-corrected chi connectivity index (χ0v) is 19.8. The van der Waals surface area contributed by atoms with Gasteiger partial charge in [0.15, 0.2) is 5.96 Å². The van der Waals surface area contributed by atoms with Gasteiger partial charge in [-0.15, -0.1) is 22.0 Å². The number of thioether (sulfide) groups is 1. The van der Waals surface area contributed by atoms with Crippen LogP contribution >= 0.6 is 11.8 Å². The molecular formula is C23H37N7S. The first-order chi connectivity index (χ1) is 15.3. The number of guanidine groups is 1. The van der Waals surface area contributed by atoms with Gasteiger partial charge in [-0.1, -0.05) is 32.0 Å². The first-order valence-electron chi connectivity index (χ1n) is 11.6. The molecule has 1 fully saturated rings. The van der Waals surface area contributed by atoms with Crippen molar-refractivity contribution in [3.05, 3.63) is 42.5 Å². The molecular weight excluding hydrogens is 406 g/mol. The highest BCUT2D eigenvalue weighted by Crippen LogP contribution is 2.15. The molecule has 2 aromatic rings. The lowest BCUT2D eigenvalue weighted by Gasteiger charge is -2.32. The summed E-state index contributed by atoms with van der Waals surface area (Å²) < 4.78 is 2.09. The fourth-order valence-electron chi connectivity index (χ4n) is 3.83. The van der Waals surface area contributed by atoms with Gasteiger partial charge in [0.1, 0.15) is 12.2 Å². The van der Waals surface area contributed by atoms with Crippen LogP contribution in [0.5, 0.6) is 0 Å². The van der Waals surface area contributed by atoms with E-state index in [1.54, 1.807) is 6.33 Å². The Labute approximate surface area is 191 Å². The van der Waals surface area contributed by atoms with Crippen LogP contribution in [0.1, 0.15) is 38.9 Å². The van der Waals surface area contributed by atoms with Crippen LogP contribution in [0, 0.1) is 0 Å².